The van der Waals surface area contributed by atoms with Crippen molar-refractivity contribution in [3.8, 4) is 11.4 Å². The van der Waals surface area contributed by atoms with Crippen LogP contribution in [-0.4, -0.2) is 37.7 Å². The second kappa shape index (κ2) is 9.38. The maximum Gasteiger partial charge on any atom is 0.412 e. The second-order valence-electron chi connectivity index (χ2n) is 8.17. The van der Waals surface area contributed by atoms with E-state index < -0.39 is 11.7 Å². The van der Waals surface area contributed by atoms with Crippen molar-refractivity contribution in [1.82, 2.24) is 19.9 Å². The Labute approximate surface area is 186 Å². The van der Waals surface area contributed by atoms with Crippen LogP contribution in [0.15, 0.2) is 48.8 Å². The minimum absolute atomic E-state index is 0. The van der Waals surface area contributed by atoms with E-state index in [1.54, 1.807) is 24.5 Å². The molecule has 0 aliphatic carbocycles. The first-order valence-electron chi connectivity index (χ1n) is 9.98. The first kappa shape index (κ1) is 21.9. The third kappa shape index (κ3) is 6.91. The van der Waals surface area contributed by atoms with E-state index in [0.29, 0.717) is 23.4 Å². The number of benzene rings is 1. The number of rotatable bonds is 6. The molecule has 2 aromatic heterocycles. The van der Waals surface area contributed by atoms with Gasteiger partial charge in [0.2, 0.25) is 11.9 Å². The van der Waals surface area contributed by atoms with Crippen LogP contribution < -0.4 is 16.0 Å². The number of pyridine rings is 1. The summed E-state index contributed by atoms with van der Waals surface area (Å²) in [4.78, 5) is 29.7. The summed E-state index contributed by atoms with van der Waals surface area (Å²) in [7, 11) is 0. The molecule has 3 rings (SSSR count). The van der Waals surface area contributed by atoms with Gasteiger partial charge in [-0.25, -0.2) is 4.79 Å². The Morgan fingerprint density at radius 2 is 1.71 bits per heavy atom. The molecule has 1 aromatic carbocycles. The van der Waals surface area contributed by atoms with Crippen LogP contribution in [0.2, 0.25) is 0 Å². The molecule has 0 spiro atoms. The first-order valence-corrected chi connectivity index (χ1v) is 9.98. The van der Waals surface area contributed by atoms with Crippen molar-refractivity contribution in [1.29, 1.82) is 0 Å². The number of aromatic nitrogens is 4. The van der Waals surface area contributed by atoms with Crippen molar-refractivity contribution in [3.05, 3.63) is 48.8 Å². The van der Waals surface area contributed by atoms with E-state index in [9.17, 15) is 4.79 Å². The van der Waals surface area contributed by atoms with Gasteiger partial charge in [0.25, 0.3) is 0 Å². The third-order valence-corrected chi connectivity index (χ3v) is 3.76. The Bertz CT molecular complexity index is 1050. The molecule has 0 saturated heterocycles. The van der Waals surface area contributed by atoms with Gasteiger partial charge in [0.1, 0.15) is 5.60 Å². The van der Waals surface area contributed by atoms with Crippen LogP contribution in [0.3, 0.4) is 0 Å². The zero-order chi connectivity index (χ0) is 22.4. The quantitative estimate of drug-likeness (QED) is 0.467. The number of hydrogen-bond acceptors (Lipinski definition) is 8. The van der Waals surface area contributed by atoms with Crippen LogP contribution >= 0.6 is 0 Å². The summed E-state index contributed by atoms with van der Waals surface area (Å²) in [5.74, 6) is 1.30. The van der Waals surface area contributed by atoms with E-state index in [1.165, 1.54) is 0 Å². The van der Waals surface area contributed by atoms with Crippen LogP contribution in [0.4, 0.5) is 28.1 Å². The Morgan fingerprint density at radius 1 is 1.00 bits per heavy atom. The van der Waals surface area contributed by atoms with Crippen LogP contribution in [0.1, 0.15) is 38.9 Å². The predicted octanol–water partition coefficient (Wildman–Crippen LogP) is 5.58. The molecule has 1 amide bonds. The molecule has 3 aromatic rings. The Hall–Kier alpha value is -3.75. The maximum absolute atomic E-state index is 12.1. The van der Waals surface area contributed by atoms with Gasteiger partial charge >= 0.3 is 6.09 Å². The van der Waals surface area contributed by atoms with E-state index in [0.717, 1.165) is 11.3 Å². The van der Waals surface area contributed by atoms with Gasteiger partial charge in [-0.3, -0.25) is 10.3 Å². The van der Waals surface area contributed by atoms with Crippen LogP contribution in [0, 0.1) is 0 Å². The lowest BCUT2D eigenvalue weighted by Gasteiger charge is -2.19. The lowest BCUT2D eigenvalue weighted by molar-refractivity contribution is 0.0636. The number of nitrogens with one attached hydrogen (secondary N) is 3. The lowest BCUT2D eigenvalue weighted by atomic mass is 10.2. The van der Waals surface area contributed by atoms with Crippen LogP contribution in [-0.2, 0) is 4.74 Å². The van der Waals surface area contributed by atoms with Gasteiger partial charge < -0.3 is 15.4 Å². The second-order valence-corrected chi connectivity index (χ2v) is 8.17. The summed E-state index contributed by atoms with van der Waals surface area (Å²) >= 11 is 0. The molecule has 0 saturated carbocycles. The largest absolute Gasteiger partial charge is 0.444 e. The van der Waals surface area contributed by atoms with Crippen LogP contribution in [0.5, 0.6) is 0 Å². The highest BCUT2D eigenvalue weighted by Crippen LogP contribution is 2.23. The number of hydrogen-bond donors (Lipinski definition) is 3. The van der Waals surface area contributed by atoms with Gasteiger partial charge in [0.15, 0.2) is 5.82 Å². The molecule has 2 heterocycles. The molecule has 0 aliphatic rings. The number of anilines is 4. The van der Waals surface area contributed by atoms with Crippen molar-refractivity contribution in [2.75, 3.05) is 16.0 Å². The summed E-state index contributed by atoms with van der Waals surface area (Å²) in [5.41, 5.74) is 1.53. The molecule has 3 N–H and O–H groups in total. The number of ether oxygens (including phenoxy) is 1. The molecule has 9 nitrogen and oxygen atoms in total. The third-order valence-electron chi connectivity index (χ3n) is 3.76. The molecular weight excluding hydrogens is 394 g/mol. The highest BCUT2D eigenvalue weighted by molar-refractivity contribution is 5.86. The molecule has 0 fully saturated rings. The predicted molar refractivity (Wildman–Crippen MR) is 128 cm³/mol. The van der Waals surface area contributed by atoms with Gasteiger partial charge in [-0.1, -0.05) is 12.1 Å². The summed E-state index contributed by atoms with van der Waals surface area (Å²) in [6.45, 7) is 9.45. The summed E-state index contributed by atoms with van der Waals surface area (Å²) in [6, 6.07) is 11.0. The van der Waals surface area contributed by atoms with Gasteiger partial charge in [0.05, 0.1) is 0 Å². The minimum atomic E-state index is -0.582. The monoisotopic (exact) mass is 427 g/mol. The number of carbonyl (C=O) groups excluding carboxylic acids is 1. The van der Waals surface area contributed by atoms with Gasteiger partial charge in [0, 0.05) is 39.7 Å². The number of nitrogens with zero attached hydrogens (tertiary/aromatic N) is 4. The standard InChI is InChI=1S/C22H27N7O2.3H2/c1-14(2)24-19-27-18(28-20(29-19)25-16-9-11-23-12-10-16)15-7-6-8-17(13-15)26-21(30)31-22(3,4)5;;;/h6-14H,1-5H3,(H,26,30)(H2,23,24,25,27,28,29);3*1H. The highest BCUT2D eigenvalue weighted by Gasteiger charge is 2.17. The zero-order valence-corrected chi connectivity index (χ0v) is 18.3. The topological polar surface area (TPSA) is 114 Å². The zero-order valence-electron chi connectivity index (χ0n) is 18.3. The molecule has 31 heavy (non-hydrogen) atoms. The summed E-state index contributed by atoms with van der Waals surface area (Å²) in [6.07, 6.45) is 2.84. The maximum atomic E-state index is 12.1. The molecule has 0 unspecified atom stereocenters. The normalized spacial score (nSPS) is 11.2. The van der Waals surface area contributed by atoms with Crippen molar-refractivity contribution < 1.29 is 13.8 Å². The van der Waals surface area contributed by atoms with Crippen molar-refractivity contribution in [2.45, 2.75) is 46.3 Å². The molecule has 168 valence electrons. The van der Waals surface area contributed by atoms with Crippen molar-refractivity contribution >= 4 is 29.4 Å². The molecule has 9 heteroatoms. The lowest BCUT2D eigenvalue weighted by Crippen LogP contribution is -2.27. The molecule has 0 radical (unpaired) electrons. The molecular formula is C22H33N7O2. The Kier molecular flexibility index (Phi) is 6.64. The van der Waals surface area contributed by atoms with E-state index in [4.69, 9.17) is 4.74 Å². The molecule has 0 atom stereocenters. The number of amides is 1. The average molecular weight is 428 g/mol. The van der Waals surface area contributed by atoms with Gasteiger partial charge in [-0.15, -0.1) is 0 Å². The molecule has 0 bridgehead atoms. The summed E-state index contributed by atoms with van der Waals surface area (Å²) in [5, 5.41) is 9.12. The Balaban J connectivity index is 0.00000363. The fourth-order valence-corrected chi connectivity index (χ4v) is 2.61. The number of carbonyl (C=O) groups is 1. The van der Waals surface area contributed by atoms with E-state index in [-0.39, 0.29) is 10.3 Å². The van der Waals surface area contributed by atoms with Crippen LogP contribution in [0.25, 0.3) is 11.4 Å². The SMILES string of the molecule is CC(C)Nc1nc(Nc2ccncc2)nc(-c2cccc(NC(=O)OC(C)(C)C)c2)n1.[HH].[HH].[HH]. The highest BCUT2D eigenvalue weighted by atomic mass is 16.6. The van der Waals surface area contributed by atoms with E-state index in [1.807, 2.05) is 58.9 Å². The smallest absolute Gasteiger partial charge is 0.412 e. The summed E-state index contributed by atoms with van der Waals surface area (Å²) < 4.78 is 5.32. The molecule has 0 aliphatic heterocycles. The Morgan fingerprint density at radius 3 is 2.39 bits per heavy atom. The van der Waals surface area contributed by atoms with Crippen molar-refractivity contribution in [3.63, 3.8) is 0 Å². The average Bonchev–Trinajstić information content (AvgIpc) is 2.67. The fourth-order valence-electron chi connectivity index (χ4n) is 2.61. The van der Waals surface area contributed by atoms with Gasteiger partial charge in [-0.2, -0.15) is 15.0 Å². The van der Waals surface area contributed by atoms with Crippen molar-refractivity contribution in [2.24, 2.45) is 0 Å². The van der Waals surface area contributed by atoms with E-state index in [2.05, 4.69) is 35.9 Å². The van der Waals surface area contributed by atoms with E-state index >= 15 is 0 Å². The van der Waals surface area contributed by atoms with Gasteiger partial charge in [-0.05, 0) is 58.9 Å². The fraction of sp³-hybridized carbons (Fsp3) is 0.318. The first-order chi connectivity index (χ1) is 14.7. The minimum Gasteiger partial charge on any atom is -0.444 e.